The molecule has 0 atom stereocenters. The molecule has 0 unspecified atom stereocenters. The third-order valence-corrected chi connectivity index (χ3v) is 5.84. The Morgan fingerprint density at radius 1 is 1.03 bits per heavy atom. The smallest absolute Gasteiger partial charge is 0.308 e. The molecular weight excluding hydrogens is 424 g/mol. The number of benzene rings is 2. The summed E-state index contributed by atoms with van der Waals surface area (Å²) in [4.78, 5) is 34.4. The van der Waals surface area contributed by atoms with Crippen molar-refractivity contribution in [2.45, 2.75) is 37.5 Å². The van der Waals surface area contributed by atoms with Gasteiger partial charge in [-0.05, 0) is 57.2 Å². The van der Waals surface area contributed by atoms with E-state index < -0.39 is 0 Å². The van der Waals surface area contributed by atoms with Crippen LogP contribution in [0, 0.1) is 6.92 Å². The predicted molar refractivity (Wildman–Crippen MR) is 127 cm³/mol. The molecule has 0 saturated carbocycles. The summed E-state index contributed by atoms with van der Waals surface area (Å²) in [6.45, 7) is 5.97. The predicted octanol–water partition coefficient (Wildman–Crippen LogP) is 4.72. The van der Waals surface area contributed by atoms with Crippen molar-refractivity contribution in [1.29, 1.82) is 0 Å². The van der Waals surface area contributed by atoms with Gasteiger partial charge in [-0.3, -0.25) is 9.48 Å². The fourth-order valence-electron chi connectivity index (χ4n) is 3.13. The lowest BCUT2D eigenvalue weighted by Gasteiger charge is -2.09. The Labute approximate surface area is 189 Å². The van der Waals surface area contributed by atoms with Crippen LogP contribution in [0.4, 0.5) is 16.2 Å². The van der Waals surface area contributed by atoms with Crippen LogP contribution in [0.1, 0.15) is 31.1 Å². The molecule has 8 nitrogen and oxygen atoms in total. The maximum absolute atomic E-state index is 12.5. The molecule has 0 aliphatic heterocycles. The van der Waals surface area contributed by atoms with E-state index in [1.807, 2.05) is 69.3 Å². The van der Waals surface area contributed by atoms with E-state index in [1.165, 1.54) is 4.52 Å². The third kappa shape index (κ3) is 5.00. The number of aromatic nitrogens is 4. The Kier molecular flexibility index (Phi) is 6.27. The first-order valence-electron chi connectivity index (χ1n) is 10.2. The minimum Gasteiger partial charge on any atom is -0.308 e. The topological polar surface area (TPSA) is 93.3 Å². The summed E-state index contributed by atoms with van der Waals surface area (Å²) >= 11 is 1.56. The highest BCUT2D eigenvalue weighted by atomic mass is 32.2. The average Bonchev–Trinajstić information content (AvgIpc) is 3.20. The Balaban J connectivity index is 1.36. The number of nitrogens with zero attached hydrogens (tertiary/aromatic N) is 4. The fraction of sp³-hybridized carbons (Fsp3) is 0.217. The van der Waals surface area contributed by atoms with E-state index in [0.29, 0.717) is 22.9 Å². The third-order valence-electron chi connectivity index (χ3n) is 4.79. The molecule has 0 saturated heterocycles. The summed E-state index contributed by atoms with van der Waals surface area (Å²) in [6, 6.07) is 16.5. The number of carbonyl (C=O) groups excluding carboxylic acids is 1. The number of aryl methyl sites for hydroxylation is 1. The molecule has 2 N–H and O–H groups in total. The molecule has 2 heterocycles. The zero-order valence-corrected chi connectivity index (χ0v) is 18.9. The van der Waals surface area contributed by atoms with Crippen LogP contribution in [0.2, 0.25) is 0 Å². The van der Waals surface area contributed by atoms with Crippen molar-refractivity contribution in [2.24, 2.45) is 0 Å². The number of anilines is 2. The molecule has 0 aliphatic rings. The highest BCUT2D eigenvalue weighted by Crippen LogP contribution is 2.23. The molecule has 0 bridgehead atoms. The lowest BCUT2D eigenvalue weighted by Crippen LogP contribution is -2.22. The summed E-state index contributed by atoms with van der Waals surface area (Å²) < 4.78 is 3.25. The number of hydrogen-bond donors (Lipinski definition) is 2. The number of carbonyl (C=O) groups is 1. The molecule has 4 aromatic rings. The van der Waals surface area contributed by atoms with E-state index in [-0.39, 0.29) is 17.6 Å². The fourth-order valence-corrected chi connectivity index (χ4v) is 3.92. The van der Waals surface area contributed by atoms with Gasteiger partial charge in [0.1, 0.15) is 6.33 Å². The number of fused-ring (bicyclic) bond motifs is 1. The Morgan fingerprint density at radius 2 is 1.66 bits per heavy atom. The van der Waals surface area contributed by atoms with Crippen LogP contribution in [0.5, 0.6) is 0 Å². The SMILES string of the molecule is Cc1ccc(NC(=O)Nc2ccc(SCc3cc(=O)n4c(ncn4C(C)C)n3)cc2)cc1. The van der Waals surface area contributed by atoms with Crippen molar-refractivity contribution in [3.8, 4) is 0 Å². The van der Waals surface area contributed by atoms with E-state index in [0.717, 1.165) is 16.1 Å². The molecule has 0 spiro atoms. The first-order chi connectivity index (χ1) is 15.4. The first kappa shape index (κ1) is 21.6. The molecule has 0 fully saturated rings. The molecule has 2 amide bonds. The summed E-state index contributed by atoms with van der Waals surface area (Å²) in [5.41, 5.74) is 3.09. The quantitative estimate of drug-likeness (QED) is 0.417. The van der Waals surface area contributed by atoms with E-state index in [1.54, 1.807) is 28.8 Å². The zero-order valence-electron chi connectivity index (χ0n) is 18.1. The number of nitrogens with one attached hydrogen (secondary N) is 2. The summed E-state index contributed by atoms with van der Waals surface area (Å²) in [6.07, 6.45) is 1.63. The Bertz CT molecular complexity index is 1290. The molecule has 4 rings (SSSR count). The molecule has 32 heavy (non-hydrogen) atoms. The summed E-state index contributed by atoms with van der Waals surface area (Å²) in [5, 5.41) is 5.62. The van der Waals surface area contributed by atoms with Gasteiger partial charge in [-0.15, -0.1) is 11.8 Å². The van der Waals surface area contributed by atoms with E-state index >= 15 is 0 Å². The first-order valence-corrected chi connectivity index (χ1v) is 11.2. The standard InChI is InChI=1S/C23H24N6O2S/c1-15(2)28-14-24-22-25-19(12-21(30)29(22)28)13-32-20-10-8-18(9-11-20)27-23(31)26-17-6-4-16(3)5-7-17/h4-12,14-15H,13H2,1-3H3,(H2,26,27,31). The molecule has 164 valence electrons. The zero-order chi connectivity index (χ0) is 22.7. The molecule has 2 aromatic heterocycles. The second-order valence-electron chi connectivity index (χ2n) is 7.67. The Hall–Kier alpha value is -3.59. The minimum atomic E-state index is -0.298. The van der Waals surface area contributed by atoms with Gasteiger partial charge in [0.2, 0.25) is 0 Å². The van der Waals surface area contributed by atoms with Gasteiger partial charge in [-0.2, -0.15) is 9.50 Å². The number of thioether (sulfide) groups is 1. The van der Waals surface area contributed by atoms with E-state index in [4.69, 9.17) is 0 Å². The van der Waals surface area contributed by atoms with Crippen LogP contribution in [-0.2, 0) is 5.75 Å². The number of rotatable bonds is 6. The molecule has 2 aromatic carbocycles. The highest BCUT2D eigenvalue weighted by molar-refractivity contribution is 7.98. The van der Waals surface area contributed by atoms with Crippen LogP contribution in [0.25, 0.3) is 5.78 Å². The van der Waals surface area contributed by atoms with E-state index in [2.05, 4.69) is 20.6 Å². The Morgan fingerprint density at radius 3 is 2.28 bits per heavy atom. The van der Waals surface area contributed by atoms with Gasteiger partial charge in [0, 0.05) is 34.1 Å². The molecule has 0 aliphatic carbocycles. The number of amides is 2. The van der Waals surface area contributed by atoms with Gasteiger partial charge >= 0.3 is 6.03 Å². The van der Waals surface area contributed by atoms with Crippen molar-refractivity contribution in [3.05, 3.63) is 82.5 Å². The molecule has 9 heteroatoms. The van der Waals surface area contributed by atoms with Crippen LogP contribution in [0.3, 0.4) is 0 Å². The van der Waals surface area contributed by atoms with Gasteiger partial charge in [-0.25, -0.2) is 9.78 Å². The lowest BCUT2D eigenvalue weighted by molar-refractivity contribution is 0.262. The van der Waals surface area contributed by atoms with Gasteiger partial charge in [0.15, 0.2) is 0 Å². The average molecular weight is 449 g/mol. The van der Waals surface area contributed by atoms with Crippen molar-refractivity contribution in [3.63, 3.8) is 0 Å². The minimum absolute atomic E-state index is 0.117. The maximum atomic E-state index is 12.5. The second kappa shape index (κ2) is 9.27. The van der Waals surface area contributed by atoms with Crippen LogP contribution in [-0.4, -0.2) is 25.2 Å². The lowest BCUT2D eigenvalue weighted by atomic mass is 10.2. The maximum Gasteiger partial charge on any atom is 0.323 e. The van der Waals surface area contributed by atoms with Crippen LogP contribution in [0.15, 0.2) is 70.6 Å². The van der Waals surface area contributed by atoms with Crippen molar-refractivity contribution in [2.75, 3.05) is 10.6 Å². The van der Waals surface area contributed by atoms with Crippen molar-refractivity contribution >= 4 is 34.9 Å². The van der Waals surface area contributed by atoms with Gasteiger partial charge in [0.25, 0.3) is 11.3 Å². The largest absolute Gasteiger partial charge is 0.323 e. The number of hydrogen-bond acceptors (Lipinski definition) is 5. The van der Waals surface area contributed by atoms with Crippen molar-refractivity contribution < 1.29 is 4.79 Å². The highest BCUT2D eigenvalue weighted by Gasteiger charge is 2.10. The van der Waals surface area contributed by atoms with E-state index in [9.17, 15) is 9.59 Å². The van der Waals surface area contributed by atoms with Crippen molar-refractivity contribution in [1.82, 2.24) is 19.2 Å². The van der Waals surface area contributed by atoms with Crippen LogP contribution >= 0.6 is 11.8 Å². The van der Waals surface area contributed by atoms with Gasteiger partial charge in [0.05, 0.1) is 5.69 Å². The van der Waals surface area contributed by atoms with Gasteiger partial charge < -0.3 is 10.6 Å². The monoisotopic (exact) mass is 448 g/mol. The molecular formula is C23H24N6O2S. The van der Waals surface area contributed by atoms with Gasteiger partial charge in [-0.1, -0.05) is 17.7 Å². The molecule has 0 radical (unpaired) electrons. The normalized spacial score (nSPS) is 11.1. The summed E-state index contributed by atoms with van der Waals surface area (Å²) in [5.74, 6) is 0.946. The summed E-state index contributed by atoms with van der Waals surface area (Å²) in [7, 11) is 0. The number of urea groups is 1. The van der Waals surface area contributed by atoms with Crippen LogP contribution < -0.4 is 16.2 Å². The second-order valence-corrected chi connectivity index (χ2v) is 8.72.